The highest BCUT2D eigenvalue weighted by atomic mass is 35.5. The van der Waals surface area contributed by atoms with Crippen molar-refractivity contribution in [3.05, 3.63) is 34.6 Å². The average molecular weight is 317 g/mol. The van der Waals surface area contributed by atoms with Crippen LogP contribution >= 0.6 is 11.6 Å². The van der Waals surface area contributed by atoms with Gasteiger partial charge < -0.3 is 15.7 Å². The van der Waals surface area contributed by atoms with Gasteiger partial charge in [0.15, 0.2) is 0 Å². The quantitative estimate of drug-likeness (QED) is 0.755. The monoisotopic (exact) mass is 316 g/mol. The average Bonchev–Trinajstić information content (AvgIpc) is 2.36. The molecule has 0 aliphatic heterocycles. The van der Waals surface area contributed by atoms with E-state index in [4.69, 9.17) is 16.7 Å². The van der Waals surface area contributed by atoms with E-state index in [0.29, 0.717) is 5.56 Å². The van der Waals surface area contributed by atoms with Gasteiger partial charge in [-0.15, -0.1) is 0 Å². The lowest BCUT2D eigenvalue weighted by Crippen LogP contribution is -2.40. The summed E-state index contributed by atoms with van der Waals surface area (Å²) in [5, 5.41) is 13.8. The fraction of sp³-hybridized carbons (Fsp3) is 0.429. The summed E-state index contributed by atoms with van der Waals surface area (Å²) < 4.78 is 13.9. The molecule has 0 fully saturated rings. The number of aliphatic carboxylic acids is 1. The number of amides is 2. The molecule has 0 bridgehead atoms. The maximum atomic E-state index is 13.9. The Morgan fingerprint density at radius 1 is 1.38 bits per heavy atom. The summed E-state index contributed by atoms with van der Waals surface area (Å²) in [5.41, 5.74) is 0.336. The van der Waals surface area contributed by atoms with Crippen molar-refractivity contribution in [1.82, 2.24) is 10.6 Å². The molecule has 5 nitrogen and oxygen atoms in total. The zero-order valence-corrected chi connectivity index (χ0v) is 12.6. The van der Waals surface area contributed by atoms with Crippen LogP contribution in [0.2, 0.25) is 5.02 Å². The van der Waals surface area contributed by atoms with Gasteiger partial charge in [-0.25, -0.2) is 9.18 Å². The van der Waals surface area contributed by atoms with Gasteiger partial charge in [0.25, 0.3) is 0 Å². The van der Waals surface area contributed by atoms with Crippen molar-refractivity contribution in [3.8, 4) is 0 Å². The molecule has 0 aromatic heterocycles. The van der Waals surface area contributed by atoms with Gasteiger partial charge in [0.2, 0.25) is 0 Å². The Labute approximate surface area is 127 Å². The molecule has 21 heavy (non-hydrogen) atoms. The van der Waals surface area contributed by atoms with Crippen LogP contribution in [0.3, 0.4) is 0 Å². The third kappa shape index (κ3) is 5.59. The zero-order chi connectivity index (χ0) is 16.0. The summed E-state index contributed by atoms with van der Waals surface area (Å²) >= 11 is 5.71. The summed E-state index contributed by atoms with van der Waals surface area (Å²) in [6.45, 7) is 3.70. The molecule has 3 N–H and O–H groups in total. The molecule has 0 radical (unpaired) electrons. The van der Waals surface area contributed by atoms with Crippen LogP contribution in [0.5, 0.6) is 0 Å². The highest BCUT2D eigenvalue weighted by Crippen LogP contribution is 2.26. The number of carboxylic acids is 1. The number of nitrogens with one attached hydrogen (secondary N) is 2. The predicted octanol–water partition coefficient (Wildman–Crippen LogP) is 2.95. The smallest absolute Gasteiger partial charge is 0.315 e. The Balaban J connectivity index is 2.74. The molecule has 1 atom stereocenters. The Morgan fingerprint density at radius 2 is 2.05 bits per heavy atom. The molecule has 2 amide bonds. The molecule has 0 saturated carbocycles. The van der Waals surface area contributed by atoms with E-state index in [-0.39, 0.29) is 23.9 Å². The predicted molar refractivity (Wildman–Crippen MR) is 77.8 cm³/mol. The molecule has 1 rings (SSSR count). The maximum absolute atomic E-state index is 13.9. The van der Waals surface area contributed by atoms with Gasteiger partial charge in [-0.1, -0.05) is 31.5 Å². The van der Waals surface area contributed by atoms with E-state index in [1.54, 1.807) is 6.07 Å². The molecule has 1 unspecified atom stereocenters. The summed E-state index contributed by atoms with van der Waals surface area (Å²) in [4.78, 5) is 22.1. The van der Waals surface area contributed by atoms with Crippen LogP contribution in [0.4, 0.5) is 9.18 Å². The first-order valence-electron chi connectivity index (χ1n) is 6.52. The molecule has 0 aliphatic carbocycles. The number of halogens is 2. The number of benzene rings is 1. The second-order valence-electron chi connectivity index (χ2n) is 4.93. The Kier molecular flexibility index (Phi) is 6.42. The van der Waals surface area contributed by atoms with Crippen molar-refractivity contribution >= 4 is 23.6 Å². The van der Waals surface area contributed by atoms with Crippen molar-refractivity contribution in [2.75, 3.05) is 6.54 Å². The van der Waals surface area contributed by atoms with E-state index in [0.717, 1.165) is 0 Å². The Hall–Kier alpha value is -1.82. The molecule has 0 spiro atoms. The summed E-state index contributed by atoms with van der Waals surface area (Å²) in [7, 11) is 0. The number of rotatable bonds is 6. The maximum Gasteiger partial charge on any atom is 0.315 e. The van der Waals surface area contributed by atoms with Crippen molar-refractivity contribution in [1.29, 1.82) is 0 Å². The normalized spacial score (nSPS) is 12.0. The SMILES string of the molecule is CC(C)C(NC(=O)NCCC(=O)O)c1ccc(Cl)cc1F. The van der Waals surface area contributed by atoms with Crippen molar-refractivity contribution in [2.24, 2.45) is 5.92 Å². The fourth-order valence-corrected chi connectivity index (χ4v) is 1.99. The third-order valence-corrected chi connectivity index (χ3v) is 3.11. The minimum Gasteiger partial charge on any atom is -0.481 e. The molecule has 0 heterocycles. The lowest BCUT2D eigenvalue weighted by molar-refractivity contribution is -0.136. The topological polar surface area (TPSA) is 78.4 Å². The number of hydrogen-bond acceptors (Lipinski definition) is 2. The van der Waals surface area contributed by atoms with E-state index in [9.17, 15) is 14.0 Å². The minimum atomic E-state index is -1.00. The number of urea groups is 1. The largest absolute Gasteiger partial charge is 0.481 e. The lowest BCUT2D eigenvalue weighted by Gasteiger charge is -2.23. The summed E-state index contributed by atoms with van der Waals surface area (Å²) in [5.74, 6) is -1.54. The van der Waals surface area contributed by atoms with E-state index in [1.807, 2.05) is 13.8 Å². The van der Waals surface area contributed by atoms with Gasteiger partial charge in [0.1, 0.15) is 5.82 Å². The fourth-order valence-electron chi connectivity index (χ4n) is 1.83. The number of hydrogen-bond donors (Lipinski definition) is 3. The molecule has 0 aliphatic rings. The Bertz CT molecular complexity index is 523. The van der Waals surface area contributed by atoms with Crippen LogP contribution in [0.15, 0.2) is 18.2 Å². The van der Waals surface area contributed by atoms with E-state index in [1.165, 1.54) is 12.1 Å². The second-order valence-corrected chi connectivity index (χ2v) is 5.37. The van der Waals surface area contributed by atoms with Crippen molar-refractivity contribution in [3.63, 3.8) is 0 Å². The van der Waals surface area contributed by atoms with Gasteiger partial charge in [-0.05, 0) is 18.1 Å². The summed E-state index contributed by atoms with van der Waals surface area (Å²) in [6.07, 6.45) is -0.172. The highest BCUT2D eigenvalue weighted by molar-refractivity contribution is 6.30. The second kappa shape index (κ2) is 7.83. The number of carboxylic acid groups (broad SMARTS) is 1. The lowest BCUT2D eigenvalue weighted by atomic mass is 9.96. The molecule has 116 valence electrons. The van der Waals surface area contributed by atoms with Gasteiger partial charge in [0.05, 0.1) is 12.5 Å². The van der Waals surface area contributed by atoms with E-state index < -0.39 is 23.9 Å². The van der Waals surface area contributed by atoms with Gasteiger partial charge in [-0.2, -0.15) is 0 Å². The molecular weight excluding hydrogens is 299 g/mol. The van der Waals surface area contributed by atoms with Crippen LogP contribution in [0, 0.1) is 11.7 Å². The Morgan fingerprint density at radius 3 is 2.57 bits per heavy atom. The van der Waals surface area contributed by atoms with Crippen LogP contribution in [-0.4, -0.2) is 23.7 Å². The zero-order valence-electron chi connectivity index (χ0n) is 11.8. The number of carbonyl (C=O) groups excluding carboxylic acids is 1. The summed E-state index contributed by atoms with van der Waals surface area (Å²) in [6, 6.07) is 3.20. The van der Waals surface area contributed by atoms with Gasteiger partial charge in [-0.3, -0.25) is 4.79 Å². The van der Waals surface area contributed by atoms with Gasteiger partial charge in [0, 0.05) is 17.1 Å². The van der Waals surface area contributed by atoms with Crippen LogP contribution in [0.25, 0.3) is 0 Å². The van der Waals surface area contributed by atoms with Crippen LogP contribution < -0.4 is 10.6 Å². The molecule has 1 aromatic rings. The van der Waals surface area contributed by atoms with Crippen LogP contribution in [-0.2, 0) is 4.79 Å². The van der Waals surface area contributed by atoms with Crippen molar-refractivity contribution < 1.29 is 19.1 Å². The van der Waals surface area contributed by atoms with E-state index >= 15 is 0 Å². The highest BCUT2D eigenvalue weighted by Gasteiger charge is 2.21. The molecular formula is C14H18ClFN2O3. The standard InChI is InChI=1S/C14H18ClFN2O3/c1-8(2)13(10-4-3-9(15)7-11(10)16)18-14(21)17-6-5-12(19)20/h3-4,7-8,13H,5-6H2,1-2H3,(H,19,20)(H2,17,18,21). The minimum absolute atomic E-state index is 0.00901. The molecule has 0 saturated heterocycles. The molecule has 7 heteroatoms. The number of carbonyl (C=O) groups is 2. The molecule has 1 aromatic carbocycles. The first kappa shape index (κ1) is 17.2. The van der Waals surface area contributed by atoms with Crippen LogP contribution in [0.1, 0.15) is 31.9 Å². The first-order chi connectivity index (χ1) is 9.81. The first-order valence-corrected chi connectivity index (χ1v) is 6.90. The third-order valence-electron chi connectivity index (χ3n) is 2.88. The van der Waals surface area contributed by atoms with E-state index in [2.05, 4.69) is 10.6 Å². The van der Waals surface area contributed by atoms with Gasteiger partial charge >= 0.3 is 12.0 Å². The van der Waals surface area contributed by atoms with Crippen molar-refractivity contribution in [2.45, 2.75) is 26.3 Å².